The summed E-state index contributed by atoms with van der Waals surface area (Å²) in [6, 6.07) is 8.76. The molecule has 2 aromatic rings. The Kier molecular flexibility index (Phi) is 5.94. The molecule has 7 heteroatoms. The van der Waals surface area contributed by atoms with E-state index in [9.17, 15) is 5.26 Å². The van der Waals surface area contributed by atoms with Crippen LogP contribution in [0.25, 0.3) is 0 Å². The first-order valence-corrected chi connectivity index (χ1v) is 11.6. The molecule has 0 saturated carbocycles. The minimum Gasteiger partial charge on any atom is -0.359 e. The highest BCUT2D eigenvalue weighted by molar-refractivity contribution is 6.76. The molecule has 23 heavy (non-hydrogen) atoms. The van der Waals surface area contributed by atoms with Crippen molar-refractivity contribution in [1.29, 1.82) is 5.26 Å². The molecule has 2 rings (SSSR count). The SMILES string of the molecule is C[Si](C)(C)CCOCn1nc(Cc2cccnc2Cl)cc1C#N. The molecule has 0 N–H and O–H groups in total. The highest BCUT2D eigenvalue weighted by Crippen LogP contribution is 2.17. The summed E-state index contributed by atoms with van der Waals surface area (Å²) in [6.07, 6.45) is 2.20. The summed E-state index contributed by atoms with van der Waals surface area (Å²) >= 11 is 6.07. The van der Waals surface area contributed by atoms with Crippen molar-refractivity contribution in [2.24, 2.45) is 0 Å². The predicted molar refractivity (Wildman–Crippen MR) is 93.1 cm³/mol. The van der Waals surface area contributed by atoms with E-state index in [0.29, 0.717) is 30.6 Å². The van der Waals surface area contributed by atoms with Crippen molar-refractivity contribution in [3.63, 3.8) is 0 Å². The second-order valence-electron chi connectivity index (χ2n) is 6.61. The van der Waals surface area contributed by atoms with Crippen LogP contribution in [0.4, 0.5) is 0 Å². The van der Waals surface area contributed by atoms with E-state index in [1.165, 1.54) is 0 Å². The van der Waals surface area contributed by atoms with E-state index in [2.05, 4.69) is 35.8 Å². The van der Waals surface area contributed by atoms with E-state index >= 15 is 0 Å². The van der Waals surface area contributed by atoms with Crippen LogP contribution in [-0.4, -0.2) is 29.4 Å². The predicted octanol–water partition coefficient (Wildman–Crippen LogP) is 3.71. The Morgan fingerprint density at radius 2 is 2.17 bits per heavy atom. The number of rotatable bonds is 7. The average molecular weight is 349 g/mol. The molecular weight excluding hydrogens is 328 g/mol. The van der Waals surface area contributed by atoms with Crippen LogP contribution in [0.5, 0.6) is 0 Å². The van der Waals surface area contributed by atoms with Gasteiger partial charge in [-0.25, -0.2) is 9.67 Å². The molecule has 5 nitrogen and oxygen atoms in total. The Morgan fingerprint density at radius 3 is 2.83 bits per heavy atom. The maximum Gasteiger partial charge on any atom is 0.141 e. The van der Waals surface area contributed by atoms with Gasteiger partial charge in [0.15, 0.2) is 0 Å². The number of nitriles is 1. The van der Waals surface area contributed by atoms with Gasteiger partial charge in [-0.05, 0) is 23.7 Å². The van der Waals surface area contributed by atoms with Crippen LogP contribution < -0.4 is 0 Å². The van der Waals surface area contributed by atoms with Crippen molar-refractivity contribution in [1.82, 2.24) is 14.8 Å². The molecule has 0 amide bonds. The molecular formula is C16H21ClN4OSi. The molecule has 0 bridgehead atoms. The van der Waals surface area contributed by atoms with E-state index in [1.54, 1.807) is 16.9 Å². The van der Waals surface area contributed by atoms with Gasteiger partial charge in [-0.2, -0.15) is 10.4 Å². The average Bonchev–Trinajstić information content (AvgIpc) is 2.87. The Bertz CT molecular complexity index is 703. The molecule has 2 aromatic heterocycles. The molecule has 0 aliphatic carbocycles. The highest BCUT2D eigenvalue weighted by Gasteiger charge is 2.13. The van der Waals surface area contributed by atoms with Crippen molar-refractivity contribution >= 4 is 19.7 Å². The van der Waals surface area contributed by atoms with Crippen LogP contribution in [0.1, 0.15) is 17.0 Å². The molecule has 0 radical (unpaired) electrons. The first kappa shape index (κ1) is 17.7. The van der Waals surface area contributed by atoms with Crippen LogP contribution in [0.3, 0.4) is 0 Å². The quantitative estimate of drug-likeness (QED) is 0.434. The van der Waals surface area contributed by atoms with Crippen LogP contribution in [0.15, 0.2) is 24.4 Å². The number of hydrogen-bond donors (Lipinski definition) is 0. The van der Waals surface area contributed by atoms with E-state index in [-0.39, 0.29) is 0 Å². The van der Waals surface area contributed by atoms with Gasteiger partial charge in [0.25, 0.3) is 0 Å². The Labute approximate surface area is 142 Å². The third kappa shape index (κ3) is 5.47. The highest BCUT2D eigenvalue weighted by atomic mass is 35.5. The minimum absolute atomic E-state index is 0.300. The molecule has 2 heterocycles. The van der Waals surface area contributed by atoms with Crippen molar-refractivity contribution in [2.45, 2.75) is 38.8 Å². The zero-order chi connectivity index (χ0) is 16.9. The lowest BCUT2D eigenvalue weighted by Gasteiger charge is -2.15. The molecule has 0 saturated heterocycles. The maximum absolute atomic E-state index is 9.24. The van der Waals surface area contributed by atoms with E-state index in [1.807, 2.05) is 12.1 Å². The van der Waals surface area contributed by atoms with Crippen molar-refractivity contribution in [3.8, 4) is 6.07 Å². The zero-order valence-electron chi connectivity index (χ0n) is 13.7. The van der Waals surface area contributed by atoms with Gasteiger partial charge < -0.3 is 4.74 Å². The molecule has 122 valence electrons. The van der Waals surface area contributed by atoms with Crippen molar-refractivity contribution in [2.75, 3.05) is 6.61 Å². The monoisotopic (exact) mass is 348 g/mol. The lowest BCUT2D eigenvalue weighted by atomic mass is 10.1. The summed E-state index contributed by atoms with van der Waals surface area (Å²) in [7, 11) is -1.11. The molecule has 0 aliphatic heterocycles. The fourth-order valence-electron chi connectivity index (χ4n) is 2.02. The summed E-state index contributed by atoms with van der Waals surface area (Å²) < 4.78 is 7.27. The molecule has 0 aliphatic rings. The molecule has 0 atom stereocenters. The van der Waals surface area contributed by atoms with E-state index < -0.39 is 8.07 Å². The van der Waals surface area contributed by atoms with Crippen LogP contribution >= 0.6 is 11.6 Å². The van der Waals surface area contributed by atoms with Gasteiger partial charge in [0, 0.05) is 27.3 Å². The van der Waals surface area contributed by atoms with Crippen LogP contribution in [0.2, 0.25) is 30.8 Å². The largest absolute Gasteiger partial charge is 0.359 e. The number of aromatic nitrogens is 3. The molecule has 0 unspecified atom stereocenters. The molecule has 0 spiro atoms. The fraction of sp³-hybridized carbons (Fsp3) is 0.438. The van der Waals surface area contributed by atoms with Gasteiger partial charge >= 0.3 is 0 Å². The maximum atomic E-state index is 9.24. The first-order chi connectivity index (χ1) is 10.9. The summed E-state index contributed by atoms with van der Waals surface area (Å²) in [5.74, 6) is 0. The van der Waals surface area contributed by atoms with Crippen LogP contribution in [-0.2, 0) is 17.9 Å². The fourth-order valence-corrected chi connectivity index (χ4v) is 2.96. The zero-order valence-corrected chi connectivity index (χ0v) is 15.5. The van der Waals surface area contributed by atoms with Gasteiger partial charge in [-0.15, -0.1) is 0 Å². The normalized spacial score (nSPS) is 11.4. The summed E-state index contributed by atoms with van der Waals surface area (Å²) in [5, 5.41) is 14.2. The van der Waals surface area contributed by atoms with Gasteiger partial charge in [-0.3, -0.25) is 0 Å². The standard InChI is InChI=1S/C16H21ClN4OSi/c1-23(2,3)8-7-22-12-21-15(11-18)10-14(20-21)9-13-5-4-6-19-16(13)17/h4-6,10H,7-9,12H2,1-3H3. The lowest BCUT2D eigenvalue weighted by molar-refractivity contribution is 0.0777. The van der Waals surface area contributed by atoms with Gasteiger partial charge in [0.05, 0.1) is 5.69 Å². The summed E-state index contributed by atoms with van der Waals surface area (Å²) in [6.45, 7) is 7.92. The second kappa shape index (κ2) is 7.73. The smallest absolute Gasteiger partial charge is 0.141 e. The van der Waals surface area contributed by atoms with E-state index in [0.717, 1.165) is 17.3 Å². The van der Waals surface area contributed by atoms with Crippen LogP contribution in [0, 0.1) is 11.3 Å². The minimum atomic E-state index is -1.11. The Morgan fingerprint density at radius 1 is 1.39 bits per heavy atom. The topological polar surface area (TPSA) is 63.7 Å². The molecule has 0 fully saturated rings. The number of ether oxygens (including phenoxy) is 1. The third-order valence-electron chi connectivity index (χ3n) is 3.36. The second-order valence-corrected chi connectivity index (χ2v) is 12.6. The summed E-state index contributed by atoms with van der Waals surface area (Å²) in [5.41, 5.74) is 2.17. The number of pyridine rings is 1. The number of nitrogens with zero attached hydrogens (tertiary/aromatic N) is 4. The lowest BCUT2D eigenvalue weighted by Crippen LogP contribution is -2.22. The van der Waals surface area contributed by atoms with Gasteiger partial charge in [0.1, 0.15) is 23.6 Å². The number of halogens is 1. The summed E-state index contributed by atoms with van der Waals surface area (Å²) in [4.78, 5) is 4.05. The van der Waals surface area contributed by atoms with Crippen molar-refractivity contribution < 1.29 is 4.74 Å². The first-order valence-electron chi connectivity index (χ1n) is 7.53. The number of hydrogen-bond acceptors (Lipinski definition) is 4. The molecule has 0 aromatic carbocycles. The third-order valence-corrected chi connectivity index (χ3v) is 5.41. The van der Waals surface area contributed by atoms with Crippen molar-refractivity contribution in [3.05, 3.63) is 46.5 Å². The van der Waals surface area contributed by atoms with Gasteiger partial charge in [-0.1, -0.05) is 37.3 Å². The Balaban J connectivity index is 2.00. The van der Waals surface area contributed by atoms with Gasteiger partial charge in [0.2, 0.25) is 0 Å². The Hall–Kier alpha value is -1.68. The van der Waals surface area contributed by atoms with E-state index in [4.69, 9.17) is 16.3 Å².